The van der Waals surface area contributed by atoms with Gasteiger partial charge in [-0.2, -0.15) is 5.26 Å². The van der Waals surface area contributed by atoms with Crippen LogP contribution in [0.1, 0.15) is 5.56 Å². The van der Waals surface area contributed by atoms with E-state index < -0.39 is 0 Å². The highest BCUT2D eigenvalue weighted by Crippen LogP contribution is 2.23. The van der Waals surface area contributed by atoms with E-state index in [1.54, 1.807) is 6.07 Å². The molecule has 0 aromatic carbocycles. The Morgan fingerprint density at radius 1 is 1.58 bits per heavy atom. The molecule has 0 saturated carbocycles. The lowest BCUT2D eigenvalue weighted by Gasteiger charge is -1.85. The van der Waals surface area contributed by atoms with E-state index >= 15 is 0 Å². The zero-order chi connectivity index (χ0) is 8.55. The van der Waals surface area contributed by atoms with Crippen LogP contribution in [0.5, 0.6) is 0 Å². The lowest BCUT2D eigenvalue weighted by Crippen LogP contribution is -1.77. The molecule has 12 heavy (non-hydrogen) atoms. The summed E-state index contributed by atoms with van der Waals surface area (Å²) in [7, 11) is 0. The molecule has 0 amide bonds. The normalized spacial score (nSPS) is 10.0. The molecule has 0 saturated heterocycles. The first-order valence-corrected chi connectivity index (χ1v) is 4.31. The molecule has 0 unspecified atom stereocenters. The highest BCUT2D eigenvalue weighted by atomic mass is 35.5. The lowest BCUT2D eigenvalue weighted by molar-refractivity contribution is 1.37. The van der Waals surface area contributed by atoms with E-state index in [1.807, 2.05) is 6.07 Å². The maximum Gasteiger partial charge on any atom is 0.186 e. The third-order valence-corrected chi connectivity index (χ3v) is 2.43. The minimum absolute atomic E-state index is 0.451. The topological polar surface area (TPSA) is 49.6 Å². The Balaban J connectivity index is 2.77. The summed E-state index contributed by atoms with van der Waals surface area (Å²) < 4.78 is 0.451. The van der Waals surface area contributed by atoms with Crippen molar-refractivity contribution < 1.29 is 0 Å². The van der Waals surface area contributed by atoms with E-state index in [9.17, 15) is 0 Å². The Morgan fingerprint density at radius 2 is 2.42 bits per heavy atom. The van der Waals surface area contributed by atoms with Crippen LogP contribution in [0.25, 0.3) is 10.3 Å². The zero-order valence-electron chi connectivity index (χ0n) is 5.78. The van der Waals surface area contributed by atoms with Gasteiger partial charge in [-0.05, 0) is 6.07 Å². The molecule has 3 nitrogen and oxygen atoms in total. The number of nitrogens with zero attached hydrogens (tertiary/aromatic N) is 3. The number of pyridine rings is 1. The molecule has 0 N–H and O–H groups in total. The molecule has 0 radical (unpaired) electrons. The monoisotopic (exact) mass is 195 g/mol. The van der Waals surface area contributed by atoms with E-state index in [2.05, 4.69) is 9.97 Å². The summed E-state index contributed by atoms with van der Waals surface area (Å²) in [4.78, 5) is 8.78. The Labute approximate surface area is 77.3 Å². The number of halogens is 1. The first kappa shape index (κ1) is 7.47. The second-order valence-corrected chi connectivity index (χ2v) is 3.69. The first-order chi connectivity index (χ1) is 5.79. The van der Waals surface area contributed by atoms with Crippen LogP contribution in [-0.2, 0) is 0 Å². The summed E-state index contributed by atoms with van der Waals surface area (Å²) in [5, 5.41) is 8.56. The molecule has 0 aliphatic carbocycles. The number of hydrogen-bond donors (Lipinski definition) is 0. The highest BCUT2D eigenvalue weighted by Gasteiger charge is 2.02. The molecule has 0 bridgehead atoms. The fraction of sp³-hybridized carbons (Fsp3) is 0. The molecule has 0 aliphatic heterocycles. The van der Waals surface area contributed by atoms with Crippen molar-refractivity contribution in [1.29, 1.82) is 5.26 Å². The fourth-order valence-corrected chi connectivity index (χ4v) is 1.79. The number of thiazole rings is 1. The van der Waals surface area contributed by atoms with E-state index in [1.165, 1.54) is 17.5 Å². The van der Waals surface area contributed by atoms with Crippen LogP contribution in [0.15, 0.2) is 12.3 Å². The van der Waals surface area contributed by atoms with Crippen molar-refractivity contribution in [3.8, 4) is 6.07 Å². The minimum atomic E-state index is 0.451. The molecule has 5 heteroatoms. The largest absolute Gasteiger partial charge is 0.242 e. The number of rotatable bonds is 0. The third-order valence-electron chi connectivity index (χ3n) is 1.35. The van der Waals surface area contributed by atoms with Gasteiger partial charge in [-0.15, -0.1) is 0 Å². The van der Waals surface area contributed by atoms with Gasteiger partial charge in [-0.1, -0.05) is 22.9 Å². The first-order valence-electron chi connectivity index (χ1n) is 3.12. The van der Waals surface area contributed by atoms with Gasteiger partial charge < -0.3 is 0 Å². The van der Waals surface area contributed by atoms with E-state index in [-0.39, 0.29) is 0 Å². The second-order valence-electron chi connectivity index (χ2n) is 2.13. The average molecular weight is 196 g/mol. The van der Waals surface area contributed by atoms with Crippen LogP contribution in [0.4, 0.5) is 0 Å². The van der Waals surface area contributed by atoms with Gasteiger partial charge in [0.1, 0.15) is 16.4 Å². The lowest BCUT2D eigenvalue weighted by atomic mass is 10.3. The number of nitriles is 1. The molecule has 2 aromatic rings. The Kier molecular flexibility index (Phi) is 1.68. The van der Waals surface area contributed by atoms with Gasteiger partial charge in [0.25, 0.3) is 0 Å². The van der Waals surface area contributed by atoms with Crippen LogP contribution in [0.2, 0.25) is 4.47 Å². The Morgan fingerprint density at radius 3 is 3.17 bits per heavy atom. The van der Waals surface area contributed by atoms with Crippen LogP contribution < -0.4 is 0 Å². The van der Waals surface area contributed by atoms with Gasteiger partial charge in [0.2, 0.25) is 0 Å². The van der Waals surface area contributed by atoms with Gasteiger partial charge in [-0.25, -0.2) is 9.97 Å². The van der Waals surface area contributed by atoms with Crippen molar-refractivity contribution in [1.82, 2.24) is 9.97 Å². The van der Waals surface area contributed by atoms with Crippen LogP contribution in [-0.4, -0.2) is 9.97 Å². The maximum atomic E-state index is 8.56. The van der Waals surface area contributed by atoms with E-state index in [0.717, 1.165) is 4.83 Å². The van der Waals surface area contributed by atoms with Crippen molar-refractivity contribution in [2.75, 3.05) is 0 Å². The van der Waals surface area contributed by atoms with Gasteiger partial charge in [-0.3, -0.25) is 0 Å². The van der Waals surface area contributed by atoms with Crippen LogP contribution in [0.3, 0.4) is 0 Å². The minimum Gasteiger partial charge on any atom is -0.242 e. The molecule has 2 aromatic heterocycles. The quantitative estimate of drug-likeness (QED) is 0.648. The smallest absolute Gasteiger partial charge is 0.186 e. The van der Waals surface area contributed by atoms with Crippen LogP contribution >= 0.6 is 22.9 Å². The van der Waals surface area contributed by atoms with Gasteiger partial charge >= 0.3 is 0 Å². The Bertz CT molecular complexity index is 471. The van der Waals surface area contributed by atoms with Gasteiger partial charge in [0.05, 0.1) is 5.56 Å². The second kappa shape index (κ2) is 2.70. The van der Waals surface area contributed by atoms with Crippen molar-refractivity contribution in [3.05, 3.63) is 22.3 Å². The molecular weight excluding hydrogens is 194 g/mol. The zero-order valence-corrected chi connectivity index (χ0v) is 7.35. The molecule has 0 fully saturated rings. The molecule has 2 heterocycles. The number of aromatic nitrogens is 2. The predicted molar refractivity (Wildman–Crippen MR) is 47.1 cm³/mol. The molecule has 0 atom stereocenters. The van der Waals surface area contributed by atoms with Crippen molar-refractivity contribution in [3.63, 3.8) is 0 Å². The molecular formula is C7H2ClN3S. The number of fused-ring (bicyclic) bond motifs is 1. The van der Waals surface area contributed by atoms with E-state index in [4.69, 9.17) is 16.9 Å². The van der Waals surface area contributed by atoms with Gasteiger partial charge in [0.15, 0.2) is 4.47 Å². The van der Waals surface area contributed by atoms with Crippen molar-refractivity contribution in [2.45, 2.75) is 0 Å². The van der Waals surface area contributed by atoms with Crippen LogP contribution in [0, 0.1) is 11.3 Å². The summed E-state index contributed by atoms with van der Waals surface area (Å²) in [6.07, 6.45) is 1.51. The maximum absolute atomic E-state index is 8.56. The van der Waals surface area contributed by atoms with Crippen molar-refractivity contribution in [2.24, 2.45) is 0 Å². The summed E-state index contributed by atoms with van der Waals surface area (Å²) in [6, 6.07) is 3.66. The molecule has 0 spiro atoms. The summed E-state index contributed by atoms with van der Waals surface area (Å²) in [6.45, 7) is 0. The molecule has 58 valence electrons. The predicted octanol–water partition coefficient (Wildman–Crippen LogP) is 2.22. The SMILES string of the molecule is N#Cc1cnc2sc(Cl)nc2c1. The standard InChI is InChI=1S/C7H2ClN3S/c8-7-11-5-1-4(2-9)3-10-6(5)12-7/h1,3H. The van der Waals surface area contributed by atoms with Crippen molar-refractivity contribution >= 4 is 33.3 Å². The Hall–Kier alpha value is -1.18. The third kappa shape index (κ3) is 1.13. The highest BCUT2D eigenvalue weighted by molar-refractivity contribution is 7.21. The molecule has 2 rings (SSSR count). The summed E-state index contributed by atoms with van der Waals surface area (Å²) in [5.74, 6) is 0. The fourth-order valence-electron chi connectivity index (χ4n) is 0.858. The average Bonchev–Trinajstić information content (AvgIpc) is 2.43. The van der Waals surface area contributed by atoms with Gasteiger partial charge in [0, 0.05) is 6.20 Å². The van der Waals surface area contributed by atoms with E-state index in [0.29, 0.717) is 15.5 Å². The molecule has 0 aliphatic rings. The number of hydrogen-bond acceptors (Lipinski definition) is 4. The summed E-state index contributed by atoms with van der Waals surface area (Å²) in [5.41, 5.74) is 1.19. The summed E-state index contributed by atoms with van der Waals surface area (Å²) >= 11 is 6.97.